The van der Waals surface area contributed by atoms with E-state index < -0.39 is 0 Å². The molecular formula is C20H18FN5O. The van der Waals surface area contributed by atoms with Gasteiger partial charge in [-0.25, -0.2) is 9.07 Å². The lowest BCUT2D eigenvalue weighted by molar-refractivity contribution is 0.191. The zero-order valence-corrected chi connectivity index (χ0v) is 14.7. The first kappa shape index (κ1) is 17.2. The van der Waals surface area contributed by atoms with Crippen molar-refractivity contribution in [1.29, 1.82) is 5.26 Å². The Bertz CT molecular complexity index is 1080. The molecule has 0 saturated carbocycles. The third kappa shape index (κ3) is 3.39. The van der Waals surface area contributed by atoms with Crippen LogP contribution >= 0.6 is 0 Å². The molecule has 0 atom stereocenters. The molecule has 1 aromatic heterocycles. The van der Waals surface area contributed by atoms with Gasteiger partial charge >= 0.3 is 0 Å². The van der Waals surface area contributed by atoms with Gasteiger partial charge in [0, 0.05) is 31.6 Å². The Morgan fingerprint density at radius 1 is 1.11 bits per heavy atom. The fourth-order valence-corrected chi connectivity index (χ4v) is 3.38. The number of nitrogens with zero attached hydrogens (tertiary/aromatic N) is 5. The SMILES string of the molecule is N#Cc1ccc(N2CCN(Cn3ncc4ccccc4c3=O)CC2)c(F)c1. The van der Waals surface area contributed by atoms with Crippen LogP contribution in [0.4, 0.5) is 10.1 Å². The number of nitriles is 1. The highest BCUT2D eigenvalue weighted by Crippen LogP contribution is 2.22. The first-order chi connectivity index (χ1) is 13.2. The fourth-order valence-electron chi connectivity index (χ4n) is 3.38. The number of halogens is 1. The number of aromatic nitrogens is 2. The molecule has 2 heterocycles. The quantitative estimate of drug-likeness (QED) is 0.714. The number of anilines is 1. The van der Waals surface area contributed by atoms with Gasteiger partial charge < -0.3 is 4.90 Å². The lowest BCUT2D eigenvalue weighted by Gasteiger charge is -2.36. The Morgan fingerprint density at radius 3 is 2.63 bits per heavy atom. The van der Waals surface area contributed by atoms with E-state index in [0.717, 1.165) is 5.39 Å². The lowest BCUT2D eigenvalue weighted by atomic mass is 10.2. The van der Waals surface area contributed by atoms with Crippen LogP contribution in [-0.2, 0) is 6.67 Å². The van der Waals surface area contributed by atoms with Gasteiger partial charge in [0.15, 0.2) is 0 Å². The highest BCUT2D eigenvalue weighted by atomic mass is 19.1. The van der Waals surface area contributed by atoms with E-state index in [1.807, 2.05) is 35.2 Å². The summed E-state index contributed by atoms with van der Waals surface area (Å²) < 4.78 is 15.7. The first-order valence-electron chi connectivity index (χ1n) is 8.77. The molecule has 1 aliphatic heterocycles. The summed E-state index contributed by atoms with van der Waals surface area (Å²) in [5.41, 5.74) is 0.722. The molecule has 4 rings (SSSR count). The van der Waals surface area contributed by atoms with E-state index in [4.69, 9.17) is 5.26 Å². The molecule has 1 saturated heterocycles. The van der Waals surface area contributed by atoms with Crippen molar-refractivity contribution in [2.45, 2.75) is 6.67 Å². The molecule has 1 aliphatic rings. The second-order valence-electron chi connectivity index (χ2n) is 6.56. The fraction of sp³-hybridized carbons (Fsp3) is 0.250. The maximum atomic E-state index is 14.2. The summed E-state index contributed by atoms with van der Waals surface area (Å²) in [4.78, 5) is 16.7. The smallest absolute Gasteiger partial charge is 0.275 e. The molecule has 1 fully saturated rings. The standard InChI is InChI=1S/C20H18FN5O/c21-18-11-15(12-22)5-6-19(18)25-9-7-24(8-10-25)14-26-20(27)17-4-2-1-3-16(17)13-23-26/h1-6,11,13H,7-10,14H2. The van der Waals surface area contributed by atoms with Crippen LogP contribution in [0, 0.1) is 17.1 Å². The number of hydrogen-bond acceptors (Lipinski definition) is 5. The summed E-state index contributed by atoms with van der Waals surface area (Å²) in [5, 5.41) is 14.6. The Kier molecular flexibility index (Phi) is 4.57. The number of rotatable bonds is 3. The molecule has 0 aliphatic carbocycles. The van der Waals surface area contributed by atoms with E-state index >= 15 is 0 Å². The summed E-state index contributed by atoms with van der Waals surface area (Å²) in [6.07, 6.45) is 1.71. The van der Waals surface area contributed by atoms with Gasteiger partial charge in [0.2, 0.25) is 0 Å². The molecule has 3 aromatic rings. The zero-order chi connectivity index (χ0) is 18.8. The van der Waals surface area contributed by atoms with Crippen molar-refractivity contribution in [2.75, 3.05) is 31.1 Å². The van der Waals surface area contributed by atoms with Gasteiger partial charge in [-0.05, 0) is 24.3 Å². The van der Waals surface area contributed by atoms with Gasteiger partial charge in [0.25, 0.3) is 5.56 Å². The maximum Gasteiger partial charge on any atom is 0.275 e. The summed E-state index contributed by atoms with van der Waals surface area (Å²) in [6.45, 7) is 3.09. The molecule has 136 valence electrons. The maximum absolute atomic E-state index is 14.2. The molecule has 27 heavy (non-hydrogen) atoms. The van der Waals surface area contributed by atoms with E-state index in [0.29, 0.717) is 49.5 Å². The van der Waals surface area contributed by atoms with Crippen molar-refractivity contribution in [2.24, 2.45) is 0 Å². The number of hydrogen-bond donors (Lipinski definition) is 0. The number of fused-ring (bicyclic) bond motifs is 1. The average Bonchev–Trinajstić information content (AvgIpc) is 2.71. The highest BCUT2D eigenvalue weighted by molar-refractivity contribution is 5.80. The highest BCUT2D eigenvalue weighted by Gasteiger charge is 2.20. The largest absolute Gasteiger partial charge is 0.367 e. The first-order valence-corrected chi connectivity index (χ1v) is 8.77. The van der Waals surface area contributed by atoms with E-state index in [9.17, 15) is 9.18 Å². The van der Waals surface area contributed by atoms with Crippen molar-refractivity contribution >= 4 is 16.5 Å². The zero-order valence-electron chi connectivity index (χ0n) is 14.7. The lowest BCUT2D eigenvalue weighted by Crippen LogP contribution is -2.48. The van der Waals surface area contributed by atoms with Crippen LogP contribution < -0.4 is 10.5 Å². The van der Waals surface area contributed by atoms with Crippen LogP contribution in [-0.4, -0.2) is 40.9 Å². The topological polar surface area (TPSA) is 65.2 Å². The van der Waals surface area contributed by atoms with E-state index in [-0.39, 0.29) is 11.4 Å². The summed E-state index contributed by atoms with van der Waals surface area (Å²) in [7, 11) is 0. The number of benzene rings is 2. The Morgan fingerprint density at radius 2 is 1.89 bits per heavy atom. The van der Waals surface area contributed by atoms with Gasteiger partial charge in [-0.15, -0.1) is 0 Å². The monoisotopic (exact) mass is 363 g/mol. The van der Waals surface area contributed by atoms with Gasteiger partial charge in [-0.2, -0.15) is 10.4 Å². The van der Waals surface area contributed by atoms with Crippen LogP contribution in [0.2, 0.25) is 0 Å². The normalized spacial score (nSPS) is 15.0. The van der Waals surface area contributed by atoms with E-state index in [2.05, 4.69) is 10.00 Å². The van der Waals surface area contributed by atoms with Crippen LogP contribution in [0.15, 0.2) is 53.5 Å². The third-order valence-corrected chi connectivity index (χ3v) is 4.89. The molecule has 0 spiro atoms. The van der Waals surface area contributed by atoms with Crippen LogP contribution in [0.3, 0.4) is 0 Å². The summed E-state index contributed by atoms with van der Waals surface area (Å²) in [5.74, 6) is -0.380. The summed E-state index contributed by atoms with van der Waals surface area (Å²) >= 11 is 0. The second kappa shape index (κ2) is 7.17. The van der Waals surface area contributed by atoms with E-state index in [1.54, 1.807) is 18.3 Å². The predicted octanol–water partition coefficient (Wildman–Crippen LogP) is 2.19. The van der Waals surface area contributed by atoms with Crippen LogP contribution in [0.1, 0.15) is 5.56 Å². The Labute approximate surface area is 155 Å². The van der Waals surface area contributed by atoms with E-state index in [1.165, 1.54) is 10.7 Å². The van der Waals surface area contributed by atoms with Gasteiger partial charge in [-0.1, -0.05) is 18.2 Å². The molecule has 7 heteroatoms. The van der Waals surface area contributed by atoms with Crippen molar-refractivity contribution in [3.8, 4) is 6.07 Å². The second-order valence-corrected chi connectivity index (χ2v) is 6.56. The van der Waals surface area contributed by atoms with Crippen molar-refractivity contribution in [3.63, 3.8) is 0 Å². The molecule has 0 N–H and O–H groups in total. The minimum absolute atomic E-state index is 0.103. The molecular weight excluding hydrogens is 345 g/mol. The predicted molar refractivity (Wildman–Crippen MR) is 101 cm³/mol. The van der Waals surface area contributed by atoms with Crippen molar-refractivity contribution in [3.05, 3.63) is 70.4 Å². The molecule has 0 radical (unpaired) electrons. The molecule has 0 amide bonds. The van der Waals surface area contributed by atoms with Gasteiger partial charge in [-0.3, -0.25) is 9.69 Å². The van der Waals surface area contributed by atoms with Crippen molar-refractivity contribution in [1.82, 2.24) is 14.7 Å². The average molecular weight is 363 g/mol. The third-order valence-electron chi connectivity index (χ3n) is 4.89. The molecule has 0 unspecified atom stereocenters. The van der Waals surface area contributed by atoms with Crippen LogP contribution in [0.25, 0.3) is 10.8 Å². The molecule has 2 aromatic carbocycles. The van der Waals surface area contributed by atoms with Crippen molar-refractivity contribution < 1.29 is 4.39 Å². The molecule has 0 bridgehead atoms. The summed E-state index contributed by atoms with van der Waals surface area (Å²) in [6, 6.07) is 13.9. The molecule has 6 nitrogen and oxygen atoms in total. The van der Waals surface area contributed by atoms with Gasteiger partial charge in [0.1, 0.15) is 5.82 Å². The Balaban J connectivity index is 1.45. The minimum Gasteiger partial charge on any atom is -0.367 e. The van der Waals surface area contributed by atoms with Crippen LogP contribution in [0.5, 0.6) is 0 Å². The number of piperazine rings is 1. The van der Waals surface area contributed by atoms with Gasteiger partial charge in [0.05, 0.1) is 35.6 Å². The minimum atomic E-state index is -0.380. The Hall–Kier alpha value is -3.24.